The molecule has 0 radical (unpaired) electrons. The minimum atomic E-state index is -1.59. The third kappa shape index (κ3) is 6.39. The van der Waals surface area contributed by atoms with E-state index >= 15 is 0 Å². The van der Waals surface area contributed by atoms with Crippen LogP contribution in [0.15, 0.2) is 0 Å². The lowest BCUT2D eigenvalue weighted by Gasteiger charge is -2.32. The smallest absolute Gasteiger partial charge is 0.326 e. The van der Waals surface area contributed by atoms with Crippen molar-refractivity contribution in [3.05, 3.63) is 0 Å². The van der Waals surface area contributed by atoms with Crippen molar-refractivity contribution < 1.29 is 34.2 Å². The van der Waals surface area contributed by atoms with Gasteiger partial charge < -0.3 is 36.8 Å². The van der Waals surface area contributed by atoms with Gasteiger partial charge in [0.1, 0.15) is 18.1 Å². The first-order valence-electron chi connectivity index (χ1n) is 11.0. The molecule has 3 amide bonds. The van der Waals surface area contributed by atoms with Crippen LogP contribution in [0.4, 0.5) is 0 Å². The van der Waals surface area contributed by atoms with E-state index in [9.17, 15) is 24.0 Å². The Morgan fingerprint density at radius 2 is 1.59 bits per heavy atom. The van der Waals surface area contributed by atoms with Crippen molar-refractivity contribution in [2.45, 2.75) is 75.5 Å². The number of carboxylic acid groups (broad SMARTS) is 2. The van der Waals surface area contributed by atoms with Gasteiger partial charge in [0.25, 0.3) is 0 Å². The summed E-state index contributed by atoms with van der Waals surface area (Å²) in [5.41, 5.74) is 11.5. The summed E-state index contributed by atoms with van der Waals surface area (Å²) in [6.45, 7) is 1.22. The van der Waals surface area contributed by atoms with E-state index in [2.05, 4.69) is 5.32 Å². The molecule has 0 aliphatic carbocycles. The largest absolute Gasteiger partial charge is 0.481 e. The van der Waals surface area contributed by atoms with Crippen LogP contribution >= 0.6 is 0 Å². The molecule has 2 fully saturated rings. The molecule has 2 aliphatic heterocycles. The van der Waals surface area contributed by atoms with E-state index in [1.165, 1.54) is 9.80 Å². The number of likely N-dealkylation sites (tertiary alicyclic amines) is 2. The Bertz CT molecular complexity index is 731. The molecule has 180 valence electrons. The van der Waals surface area contributed by atoms with Crippen LogP contribution in [0.2, 0.25) is 0 Å². The van der Waals surface area contributed by atoms with Gasteiger partial charge in [-0.2, -0.15) is 0 Å². The van der Waals surface area contributed by atoms with Crippen molar-refractivity contribution in [3.63, 3.8) is 0 Å². The fraction of sp³-hybridized carbons (Fsp3) is 0.750. The zero-order valence-electron chi connectivity index (χ0n) is 18.1. The maximum Gasteiger partial charge on any atom is 0.326 e. The van der Waals surface area contributed by atoms with Crippen LogP contribution in [-0.4, -0.2) is 93.5 Å². The zero-order chi connectivity index (χ0) is 23.8. The normalized spacial score (nSPS) is 22.4. The number of carbonyl (C=O) groups is 5. The van der Waals surface area contributed by atoms with Crippen LogP contribution in [0.5, 0.6) is 0 Å². The predicted molar refractivity (Wildman–Crippen MR) is 112 cm³/mol. The first-order chi connectivity index (χ1) is 15.2. The van der Waals surface area contributed by atoms with E-state index < -0.39 is 48.4 Å². The quantitative estimate of drug-likeness (QED) is 0.229. The van der Waals surface area contributed by atoms with Crippen LogP contribution in [0.25, 0.3) is 0 Å². The summed E-state index contributed by atoms with van der Waals surface area (Å²) in [4.78, 5) is 63.7. The summed E-state index contributed by atoms with van der Waals surface area (Å²) in [5.74, 6) is -4.20. The molecule has 0 aromatic rings. The number of amides is 3. The molecule has 12 nitrogen and oxygen atoms in total. The molecular formula is C20H33N5O7. The fourth-order valence-electron chi connectivity index (χ4n) is 4.27. The molecule has 0 bridgehead atoms. The van der Waals surface area contributed by atoms with Crippen molar-refractivity contribution in [1.29, 1.82) is 0 Å². The lowest BCUT2D eigenvalue weighted by atomic mass is 10.1. The highest BCUT2D eigenvalue weighted by Crippen LogP contribution is 2.26. The van der Waals surface area contributed by atoms with Crippen LogP contribution in [0.1, 0.15) is 51.4 Å². The summed E-state index contributed by atoms with van der Waals surface area (Å²) in [5, 5.41) is 20.2. The Morgan fingerprint density at radius 1 is 0.969 bits per heavy atom. The Hall–Kier alpha value is -2.73. The molecule has 4 unspecified atom stereocenters. The maximum absolute atomic E-state index is 13.2. The average molecular weight is 456 g/mol. The maximum atomic E-state index is 13.2. The highest BCUT2D eigenvalue weighted by molar-refractivity contribution is 5.95. The molecule has 2 aliphatic rings. The third-order valence-electron chi connectivity index (χ3n) is 5.94. The molecule has 0 spiro atoms. The number of rotatable bonds is 11. The van der Waals surface area contributed by atoms with Gasteiger partial charge in [0.2, 0.25) is 17.7 Å². The summed E-state index contributed by atoms with van der Waals surface area (Å²) in [6.07, 6.45) is 3.15. The standard InChI is InChI=1S/C20H33N5O7/c21-8-2-1-5-12(22)18(29)25-10-4-7-15(25)19(30)24-9-3-6-14(24)17(28)23-13(20(31)32)11-16(26)27/h12-15H,1-11,21-22H2,(H,23,28)(H,26,27)(H,31,32). The lowest BCUT2D eigenvalue weighted by Crippen LogP contribution is -2.56. The summed E-state index contributed by atoms with van der Waals surface area (Å²) in [7, 11) is 0. The van der Waals surface area contributed by atoms with Crippen LogP contribution in [0.3, 0.4) is 0 Å². The van der Waals surface area contributed by atoms with E-state index in [1.54, 1.807) is 0 Å². The van der Waals surface area contributed by atoms with Gasteiger partial charge in [-0.15, -0.1) is 0 Å². The summed E-state index contributed by atoms with van der Waals surface area (Å²) < 4.78 is 0. The van der Waals surface area contributed by atoms with Gasteiger partial charge in [0.05, 0.1) is 12.5 Å². The number of aliphatic carboxylic acids is 2. The SMILES string of the molecule is NCCCCC(N)C(=O)N1CCCC1C(=O)N1CCCC1C(=O)NC(CC(=O)O)C(=O)O. The number of unbranched alkanes of at least 4 members (excludes halogenated alkanes) is 1. The van der Waals surface area contributed by atoms with Crippen LogP contribution in [-0.2, 0) is 24.0 Å². The Kier molecular flexibility index (Phi) is 9.39. The average Bonchev–Trinajstić information content (AvgIpc) is 3.41. The number of carboxylic acids is 2. The molecule has 4 atom stereocenters. The van der Waals surface area contributed by atoms with Gasteiger partial charge in [-0.25, -0.2) is 4.79 Å². The Balaban J connectivity index is 2.05. The topological polar surface area (TPSA) is 196 Å². The molecule has 2 rings (SSSR count). The van der Waals surface area contributed by atoms with Gasteiger partial charge in [0, 0.05) is 13.1 Å². The second-order valence-electron chi connectivity index (χ2n) is 8.27. The number of hydrogen-bond donors (Lipinski definition) is 5. The molecular weight excluding hydrogens is 422 g/mol. The molecule has 0 aromatic carbocycles. The summed E-state index contributed by atoms with van der Waals surface area (Å²) >= 11 is 0. The van der Waals surface area contributed by atoms with Gasteiger partial charge in [0.15, 0.2) is 0 Å². The van der Waals surface area contributed by atoms with E-state index in [0.29, 0.717) is 58.2 Å². The number of nitrogens with zero attached hydrogens (tertiary/aromatic N) is 2. The molecule has 7 N–H and O–H groups in total. The van der Waals surface area contributed by atoms with Gasteiger partial charge in [-0.3, -0.25) is 19.2 Å². The third-order valence-corrected chi connectivity index (χ3v) is 5.94. The van der Waals surface area contributed by atoms with Crippen LogP contribution < -0.4 is 16.8 Å². The molecule has 2 saturated heterocycles. The lowest BCUT2D eigenvalue weighted by molar-refractivity contribution is -0.149. The van der Waals surface area contributed by atoms with Crippen LogP contribution in [0, 0.1) is 0 Å². The number of nitrogens with two attached hydrogens (primary N) is 2. The zero-order valence-corrected chi connectivity index (χ0v) is 18.1. The first kappa shape index (κ1) is 25.5. The molecule has 32 heavy (non-hydrogen) atoms. The minimum Gasteiger partial charge on any atom is -0.481 e. The minimum absolute atomic E-state index is 0.300. The molecule has 0 aromatic heterocycles. The number of hydrogen-bond acceptors (Lipinski definition) is 7. The van der Waals surface area contributed by atoms with Crippen molar-refractivity contribution in [1.82, 2.24) is 15.1 Å². The first-order valence-corrected chi connectivity index (χ1v) is 11.0. The molecule has 0 saturated carbocycles. The molecule has 2 heterocycles. The fourth-order valence-corrected chi connectivity index (χ4v) is 4.27. The van der Waals surface area contributed by atoms with E-state index in [4.69, 9.17) is 21.7 Å². The second kappa shape index (κ2) is 11.8. The van der Waals surface area contributed by atoms with Gasteiger partial charge in [-0.1, -0.05) is 6.42 Å². The van der Waals surface area contributed by atoms with Crippen molar-refractivity contribution in [2.24, 2.45) is 11.5 Å². The van der Waals surface area contributed by atoms with Crippen molar-refractivity contribution in [2.75, 3.05) is 19.6 Å². The van der Waals surface area contributed by atoms with Crippen molar-refractivity contribution >= 4 is 29.7 Å². The highest BCUT2D eigenvalue weighted by Gasteiger charge is 2.43. The Labute approximate surface area is 186 Å². The highest BCUT2D eigenvalue weighted by atomic mass is 16.4. The second-order valence-corrected chi connectivity index (χ2v) is 8.27. The predicted octanol–water partition coefficient (Wildman–Crippen LogP) is -1.53. The van der Waals surface area contributed by atoms with E-state index in [0.717, 1.165) is 6.42 Å². The molecule has 12 heteroatoms. The number of nitrogens with one attached hydrogen (secondary N) is 1. The van der Waals surface area contributed by atoms with Gasteiger partial charge >= 0.3 is 11.9 Å². The Morgan fingerprint density at radius 3 is 2.19 bits per heavy atom. The van der Waals surface area contributed by atoms with E-state index in [1.807, 2.05) is 0 Å². The summed E-state index contributed by atoms with van der Waals surface area (Å²) in [6, 6.07) is -3.94. The van der Waals surface area contributed by atoms with Crippen molar-refractivity contribution in [3.8, 4) is 0 Å². The van der Waals surface area contributed by atoms with Gasteiger partial charge in [-0.05, 0) is 45.1 Å². The van der Waals surface area contributed by atoms with E-state index in [-0.39, 0.29) is 11.8 Å². The number of carbonyl (C=O) groups excluding carboxylic acids is 3. The monoisotopic (exact) mass is 455 g/mol.